The molecule has 0 unspecified atom stereocenters. The number of halogens is 1. The van der Waals surface area contributed by atoms with E-state index in [1.165, 1.54) is 6.42 Å². The van der Waals surface area contributed by atoms with Crippen LogP contribution in [0.25, 0.3) is 11.0 Å². The number of ether oxygens (including phenoxy) is 1. The molecule has 2 aliphatic rings. The van der Waals surface area contributed by atoms with Crippen molar-refractivity contribution < 1.29 is 19.4 Å². The molecule has 0 aliphatic carbocycles. The number of piperazine rings is 1. The van der Waals surface area contributed by atoms with E-state index in [2.05, 4.69) is 26.7 Å². The Kier molecular flexibility index (Phi) is 11.9. The minimum atomic E-state index is -0.904. The summed E-state index contributed by atoms with van der Waals surface area (Å²) in [5.74, 6) is 0.0795. The summed E-state index contributed by atoms with van der Waals surface area (Å²) < 4.78 is 6.72. The minimum Gasteiger partial charge on any atom is -0.478 e. The number of aromatic carboxylic acids is 1. The fraction of sp³-hybridized carbons (Fsp3) is 0.382. The van der Waals surface area contributed by atoms with Crippen LogP contribution in [0.1, 0.15) is 44.1 Å². The number of aldehydes is 1. The van der Waals surface area contributed by atoms with E-state index in [9.17, 15) is 9.59 Å². The van der Waals surface area contributed by atoms with Gasteiger partial charge in [-0.1, -0.05) is 35.9 Å². The van der Waals surface area contributed by atoms with Crippen LogP contribution in [0.3, 0.4) is 0 Å². The molecule has 0 atom stereocenters. The number of likely N-dealkylation sites (N-methyl/N-ethyl adjacent to an activating group) is 1. The average Bonchev–Trinajstić information content (AvgIpc) is 3.27. The van der Waals surface area contributed by atoms with Crippen LogP contribution >= 0.6 is 11.6 Å². The molecule has 0 radical (unpaired) electrons. The number of imidazole rings is 1. The first-order chi connectivity index (χ1) is 21.1. The van der Waals surface area contributed by atoms with E-state index in [0.29, 0.717) is 17.7 Å². The predicted molar refractivity (Wildman–Crippen MR) is 176 cm³/mol. The number of aryl methyl sites for hydroxylation is 2. The molecule has 3 heterocycles. The molecule has 6 rings (SSSR count). The van der Waals surface area contributed by atoms with Gasteiger partial charge in [0.1, 0.15) is 12.1 Å². The summed E-state index contributed by atoms with van der Waals surface area (Å²) in [7, 11) is 6.08. The highest BCUT2D eigenvalue weighted by molar-refractivity contribution is 6.33. The molecule has 1 N–H and O–H groups in total. The molecule has 0 amide bonds. The smallest absolute Gasteiger partial charge is 0.335 e. The number of carbonyl (C=O) groups is 2. The molecular formula is C34H42ClN5O4. The van der Waals surface area contributed by atoms with Crippen molar-refractivity contribution in [3.8, 4) is 0 Å². The Labute approximate surface area is 264 Å². The lowest BCUT2D eigenvalue weighted by Gasteiger charge is -2.31. The highest BCUT2D eigenvalue weighted by Crippen LogP contribution is 2.27. The summed E-state index contributed by atoms with van der Waals surface area (Å²) in [5, 5.41) is 9.83. The van der Waals surface area contributed by atoms with Crippen molar-refractivity contribution in [2.45, 2.75) is 26.4 Å². The monoisotopic (exact) mass is 619 g/mol. The van der Waals surface area contributed by atoms with E-state index in [1.807, 2.05) is 62.0 Å². The molecule has 4 aromatic rings. The second-order valence-electron chi connectivity index (χ2n) is 11.3. The molecular weight excluding hydrogens is 578 g/mol. The first-order valence-electron chi connectivity index (χ1n) is 14.8. The number of carboxylic acid groups (broad SMARTS) is 1. The van der Waals surface area contributed by atoms with E-state index >= 15 is 0 Å². The Balaban J connectivity index is 0.000000179. The van der Waals surface area contributed by atoms with Crippen molar-refractivity contribution in [3.63, 3.8) is 0 Å². The maximum absolute atomic E-state index is 11.1. The third-order valence-corrected chi connectivity index (χ3v) is 8.08. The van der Waals surface area contributed by atoms with Gasteiger partial charge in [-0.3, -0.25) is 9.69 Å². The summed E-state index contributed by atoms with van der Waals surface area (Å²) in [6, 6.07) is 18.7. The number of benzene rings is 3. The number of carbonyl (C=O) groups excluding carboxylic acids is 1. The number of hydrogen-bond donors (Lipinski definition) is 1. The van der Waals surface area contributed by atoms with Gasteiger partial charge in [0, 0.05) is 65.6 Å². The van der Waals surface area contributed by atoms with Crippen LogP contribution in [0.5, 0.6) is 0 Å². The number of aromatic nitrogens is 2. The van der Waals surface area contributed by atoms with Gasteiger partial charge in [-0.15, -0.1) is 0 Å². The van der Waals surface area contributed by atoms with Crippen LogP contribution in [-0.2, 0) is 24.9 Å². The fourth-order valence-corrected chi connectivity index (χ4v) is 5.29. The lowest BCUT2D eigenvalue weighted by molar-refractivity contribution is 0.0367. The maximum Gasteiger partial charge on any atom is 0.335 e. The van der Waals surface area contributed by atoms with Crippen LogP contribution in [0, 0.1) is 6.92 Å². The first kappa shape index (κ1) is 33.1. The summed E-state index contributed by atoms with van der Waals surface area (Å²) in [4.78, 5) is 33.3. The van der Waals surface area contributed by atoms with Crippen molar-refractivity contribution in [1.29, 1.82) is 0 Å². The Bertz CT molecular complexity index is 1560. The standard InChI is InChI=1S/C16H16ClNO.C15H20N4O2.C3H6O/c1-12-6-7-16(15(17)8-12)18(2)10-13-4-3-5-14(9-13)11-19;1-17-5-7-19(8-6-17)10-14-16-12-4-3-11(15(20)21)9-13(12)18(14)2;1-2-4-3-1/h3-9,11H,10H2,1-2H3;3-4,9H,5-8,10H2,1-2H3,(H,20,21);1-3H2. The van der Waals surface area contributed by atoms with Gasteiger partial charge < -0.3 is 24.2 Å². The number of fused-ring (bicyclic) bond motifs is 1. The molecule has 0 spiro atoms. The SMILES string of the molecule is C1COC1.CN1CCN(Cc2nc3ccc(C(=O)O)cc3n2C)CC1.Cc1ccc(N(C)Cc2cccc(C=O)c2)c(Cl)c1. The molecule has 10 heteroatoms. The third kappa shape index (κ3) is 9.12. The van der Waals surface area contributed by atoms with E-state index in [1.54, 1.807) is 24.3 Å². The molecule has 3 aromatic carbocycles. The van der Waals surface area contributed by atoms with Gasteiger partial charge in [0.05, 0.1) is 33.9 Å². The minimum absolute atomic E-state index is 0.302. The molecule has 0 saturated carbocycles. The summed E-state index contributed by atoms with van der Waals surface area (Å²) >= 11 is 6.25. The molecule has 2 fully saturated rings. The zero-order valence-electron chi connectivity index (χ0n) is 26.0. The zero-order valence-corrected chi connectivity index (χ0v) is 26.8. The number of rotatable bonds is 7. The number of anilines is 1. The summed E-state index contributed by atoms with van der Waals surface area (Å²) in [6.07, 6.45) is 2.14. The van der Waals surface area contributed by atoms with Gasteiger partial charge in [-0.25, -0.2) is 9.78 Å². The molecule has 2 aliphatic heterocycles. The molecule has 0 bridgehead atoms. The lowest BCUT2D eigenvalue weighted by atomic mass is 10.1. The van der Waals surface area contributed by atoms with Crippen LogP contribution in [0.2, 0.25) is 5.02 Å². The normalized spacial score (nSPS) is 14.9. The Morgan fingerprint density at radius 1 is 1.05 bits per heavy atom. The van der Waals surface area contributed by atoms with Gasteiger partial charge in [0.2, 0.25) is 0 Å². The topological polar surface area (TPSA) is 91.1 Å². The lowest BCUT2D eigenvalue weighted by Crippen LogP contribution is -2.44. The van der Waals surface area contributed by atoms with Crippen molar-refractivity contribution in [3.05, 3.63) is 93.8 Å². The van der Waals surface area contributed by atoms with Crippen molar-refractivity contribution in [2.24, 2.45) is 7.05 Å². The zero-order chi connectivity index (χ0) is 31.6. The Morgan fingerprint density at radius 2 is 1.75 bits per heavy atom. The van der Waals surface area contributed by atoms with E-state index in [-0.39, 0.29) is 0 Å². The maximum atomic E-state index is 11.1. The number of carboxylic acids is 1. The predicted octanol–water partition coefficient (Wildman–Crippen LogP) is 5.52. The van der Waals surface area contributed by atoms with E-state index in [4.69, 9.17) is 21.4 Å². The fourth-order valence-electron chi connectivity index (χ4n) is 4.91. The quantitative estimate of drug-likeness (QED) is 0.270. The van der Waals surface area contributed by atoms with Crippen molar-refractivity contribution in [2.75, 3.05) is 58.4 Å². The third-order valence-electron chi connectivity index (χ3n) is 7.78. The number of hydrogen-bond acceptors (Lipinski definition) is 7. The average molecular weight is 620 g/mol. The second kappa shape index (κ2) is 15.8. The Morgan fingerprint density at radius 3 is 2.36 bits per heavy atom. The molecule has 9 nitrogen and oxygen atoms in total. The second-order valence-corrected chi connectivity index (χ2v) is 11.7. The van der Waals surface area contributed by atoms with Crippen LogP contribution in [0.15, 0.2) is 60.7 Å². The van der Waals surface area contributed by atoms with Gasteiger partial charge in [-0.05, 0) is 67.9 Å². The van der Waals surface area contributed by atoms with E-state index in [0.717, 1.165) is 90.9 Å². The van der Waals surface area contributed by atoms with Crippen molar-refractivity contribution >= 4 is 40.6 Å². The Hall–Kier alpha value is -3.76. The molecule has 234 valence electrons. The van der Waals surface area contributed by atoms with Gasteiger partial charge in [-0.2, -0.15) is 0 Å². The van der Waals surface area contributed by atoms with E-state index < -0.39 is 5.97 Å². The molecule has 1 aromatic heterocycles. The van der Waals surface area contributed by atoms with Gasteiger partial charge in [0.25, 0.3) is 0 Å². The largest absolute Gasteiger partial charge is 0.478 e. The highest BCUT2D eigenvalue weighted by Gasteiger charge is 2.17. The summed E-state index contributed by atoms with van der Waals surface area (Å²) in [5.41, 5.74) is 5.95. The van der Waals surface area contributed by atoms with Crippen molar-refractivity contribution in [1.82, 2.24) is 19.4 Å². The van der Waals surface area contributed by atoms with Crippen LogP contribution < -0.4 is 4.90 Å². The summed E-state index contributed by atoms with van der Waals surface area (Å²) in [6.45, 7) is 9.77. The van der Waals surface area contributed by atoms with Crippen LogP contribution in [0.4, 0.5) is 5.69 Å². The van der Waals surface area contributed by atoms with Gasteiger partial charge >= 0.3 is 5.97 Å². The first-order valence-corrected chi connectivity index (χ1v) is 15.2. The highest BCUT2D eigenvalue weighted by atomic mass is 35.5. The van der Waals surface area contributed by atoms with Gasteiger partial charge in [0.15, 0.2) is 0 Å². The molecule has 44 heavy (non-hydrogen) atoms. The van der Waals surface area contributed by atoms with Crippen LogP contribution in [-0.4, -0.2) is 90.2 Å². The number of nitrogens with zero attached hydrogens (tertiary/aromatic N) is 5. The molecule has 2 saturated heterocycles.